The largest absolute Gasteiger partial charge is 0.496 e. The van der Waals surface area contributed by atoms with Gasteiger partial charge in [0.05, 0.1) is 14.2 Å². The Kier molecular flexibility index (Phi) is 3.29. The number of methoxy groups -OCH3 is 2. The zero-order valence-corrected chi connectivity index (χ0v) is 11.3. The Morgan fingerprint density at radius 3 is 2.39 bits per heavy atom. The van der Waals surface area contributed by atoms with Crippen LogP contribution in [0.15, 0.2) is 12.1 Å². The van der Waals surface area contributed by atoms with Crippen LogP contribution in [0.1, 0.15) is 5.56 Å². The molecule has 0 atom stereocenters. The van der Waals surface area contributed by atoms with Crippen LogP contribution in [0.2, 0.25) is 0 Å². The topological polar surface area (TPSA) is 83.4 Å². The molecule has 1 heterocycles. The van der Waals surface area contributed by atoms with Crippen molar-refractivity contribution in [2.75, 3.05) is 25.7 Å². The standard InChI is InChI=1S/C12H15N3O2S/c1-6-8(16-2)5-4-7(10(6)17-3)9-11(13)18-12(14)15-9/h4-5H,13H2,1-3H3,(H2,14,15). The maximum Gasteiger partial charge on any atom is 0.182 e. The monoisotopic (exact) mass is 265 g/mol. The van der Waals surface area contributed by atoms with Crippen molar-refractivity contribution in [3.8, 4) is 22.8 Å². The average Bonchev–Trinajstić information content (AvgIpc) is 2.68. The maximum absolute atomic E-state index is 5.91. The van der Waals surface area contributed by atoms with Crippen LogP contribution in [0.25, 0.3) is 11.3 Å². The number of hydrogen-bond acceptors (Lipinski definition) is 6. The van der Waals surface area contributed by atoms with Gasteiger partial charge in [0.2, 0.25) is 0 Å². The van der Waals surface area contributed by atoms with Gasteiger partial charge in [0.15, 0.2) is 5.13 Å². The van der Waals surface area contributed by atoms with Crippen LogP contribution in [0.3, 0.4) is 0 Å². The molecule has 5 nitrogen and oxygen atoms in total. The summed E-state index contributed by atoms with van der Waals surface area (Å²) in [7, 11) is 3.23. The minimum Gasteiger partial charge on any atom is -0.496 e. The number of aromatic nitrogens is 1. The van der Waals surface area contributed by atoms with E-state index in [1.54, 1.807) is 14.2 Å². The molecule has 0 fully saturated rings. The Balaban J connectivity index is 2.65. The van der Waals surface area contributed by atoms with Gasteiger partial charge in [0.25, 0.3) is 0 Å². The van der Waals surface area contributed by atoms with Gasteiger partial charge in [-0.05, 0) is 19.1 Å². The molecule has 0 spiro atoms. The molecule has 18 heavy (non-hydrogen) atoms. The number of hydrogen-bond donors (Lipinski definition) is 2. The van der Waals surface area contributed by atoms with Gasteiger partial charge in [-0.25, -0.2) is 4.98 Å². The Morgan fingerprint density at radius 2 is 1.89 bits per heavy atom. The van der Waals surface area contributed by atoms with Crippen LogP contribution >= 0.6 is 11.3 Å². The van der Waals surface area contributed by atoms with Crippen molar-refractivity contribution in [3.05, 3.63) is 17.7 Å². The van der Waals surface area contributed by atoms with Crippen LogP contribution in [0.4, 0.5) is 10.1 Å². The molecular weight excluding hydrogens is 250 g/mol. The first-order valence-electron chi connectivity index (χ1n) is 5.32. The number of nitrogens with zero attached hydrogens (tertiary/aromatic N) is 1. The molecule has 2 rings (SSSR count). The maximum atomic E-state index is 5.91. The second-order valence-electron chi connectivity index (χ2n) is 3.74. The van der Waals surface area contributed by atoms with Crippen LogP contribution < -0.4 is 20.9 Å². The molecule has 0 aliphatic heterocycles. The summed E-state index contributed by atoms with van der Waals surface area (Å²) >= 11 is 1.26. The average molecular weight is 265 g/mol. The van der Waals surface area contributed by atoms with E-state index in [1.807, 2.05) is 19.1 Å². The number of anilines is 2. The minimum atomic E-state index is 0.443. The number of nitrogens with two attached hydrogens (primary N) is 2. The van der Waals surface area contributed by atoms with E-state index in [1.165, 1.54) is 11.3 Å². The first-order chi connectivity index (χ1) is 8.58. The number of ether oxygens (including phenoxy) is 2. The van der Waals surface area contributed by atoms with Crippen molar-refractivity contribution in [3.63, 3.8) is 0 Å². The molecule has 0 amide bonds. The van der Waals surface area contributed by atoms with E-state index < -0.39 is 0 Å². The summed E-state index contributed by atoms with van der Waals surface area (Å²) in [6.45, 7) is 1.92. The van der Waals surface area contributed by atoms with Crippen molar-refractivity contribution in [1.29, 1.82) is 0 Å². The number of nitrogen functional groups attached to an aromatic ring is 2. The molecule has 4 N–H and O–H groups in total. The number of benzene rings is 1. The highest BCUT2D eigenvalue weighted by atomic mass is 32.1. The fourth-order valence-electron chi connectivity index (χ4n) is 1.89. The number of rotatable bonds is 3. The Bertz CT molecular complexity index is 581. The number of thiazole rings is 1. The highest BCUT2D eigenvalue weighted by Gasteiger charge is 2.17. The summed E-state index contributed by atoms with van der Waals surface area (Å²) in [6, 6.07) is 3.73. The van der Waals surface area contributed by atoms with Crippen molar-refractivity contribution in [2.45, 2.75) is 6.92 Å². The van der Waals surface area contributed by atoms with E-state index in [-0.39, 0.29) is 0 Å². The summed E-state index contributed by atoms with van der Waals surface area (Å²) in [4.78, 5) is 4.24. The van der Waals surface area contributed by atoms with Gasteiger partial charge in [-0.1, -0.05) is 11.3 Å². The fraction of sp³-hybridized carbons (Fsp3) is 0.250. The lowest BCUT2D eigenvalue weighted by molar-refractivity contribution is 0.390. The van der Waals surface area contributed by atoms with E-state index in [0.29, 0.717) is 21.6 Å². The summed E-state index contributed by atoms with van der Waals surface area (Å²) in [6.07, 6.45) is 0. The summed E-state index contributed by atoms with van der Waals surface area (Å²) in [5.41, 5.74) is 14.0. The molecule has 6 heteroatoms. The Labute approximate surface area is 109 Å². The summed E-state index contributed by atoms with van der Waals surface area (Å²) in [5, 5.41) is 1.02. The molecule has 0 aliphatic carbocycles. The van der Waals surface area contributed by atoms with Gasteiger partial charge in [0, 0.05) is 11.1 Å². The van der Waals surface area contributed by atoms with Crippen molar-refractivity contribution >= 4 is 21.5 Å². The second-order valence-corrected chi connectivity index (χ2v) is 4.80. The SMILES string of the molecule is COc1ccc(-c2nc(N)sc2N)c(OC)c1C. The quantitative estimate of drug-likeness (QED) is 0.889. The lowest BCUT2D eigenvalue weighted by atomic mass is 10.1. The van der Waals surface area contributed by atoms with Gasteiger partial charge in [-0.3, -0.25) is 0 Å². The normalized spacial score (nSPS) is 10.4. The molecular formula is C12H15N3O2S. The van der Waals surface area contributed by atoms with E-state index in [9.17, 15) is 0 Å². The molecule has 1 aromatic carbocycles. The molecule has 1 aromatic heterocycles. The zero-order chi connectivity index (χ0) is 13.3. The third-order valence-corrected chi connectivity index (χ3v) is 3.42. The second kappa shape index (κ2) is 4.73. The van der Waals surface area contributed by atoms with Gasteiger partial charge in [0.1, 0.15) is 22.2 Å². The smallest absolute Gasteiger partial charge is 0.182 e. The predicted octanol–water partition coefficient (Wildman–Crippen LogP) is 2.30. The van der Waals surface area contributed by atoms with Crippen LogP contribution in [-0.4, -0.2) is 19.2 Å². The van der Waals surface area contributed by atoms with Crippen LogP contribution in [-0.2, 0) is 0 Å². The van der Waals surface area contributed by atoms with Gasteiger partial charge in [-0.15, -0.1) is 0 Å². The van der Waals surface area contributed by atoms with Gasteiger partial charge < -0.3 is 20.9 Å². The predicted molar refractivity (Wildman–Crippen MR) is 74.2 cm³/mol. The minimum absolute atomic E-state index is 0.443. The molecule has 0 radical (unpaired) electrons. The van der Waals surface area contributed by atoms with E-state index in [4.69, 9.17) is 20.9 Å². The summed E-state index contributed by atoms with van der Waals surface area (Å²) < 4.78 is 10.7. The molecule has 0 bridgehead atoms. The van der Waals surface area contributed by atoms with Gasteiger partial charge >= 0.3 is 0 Å². The molecule has 96 valence electrons. The highest BCUT2D eigenvalue weighted by molar-refractivity contribution is 7.19. The summed E-state index contributed by atoms with van der Waals surface area (Å²) in [5.74, 6) is 1.46. The molecule has 0 saturated carbocycles. The first-order valence-corrected chi connectivity index (χ1v) is 6.13. The zero-order valence-electron chi connectivity index (χ0n) is 10.5. The third kappa shape index (κ3) is 1.95. The molecule has 0 unspecified atom stereocenters. The van der Waals surface area contributed by atoms with E-state index >= 15 is 0 Å². The van der Waals surface area contributed by atoms with Crippen LogP contribution in [0.5, 0.6) is 11.5 Å². The lowest BCUT2D eigenvalue weighted by Gasteiger charge is -2.13. The van der Waals surface area contributed by atoms with Crippen LogP contribution in [0, 0.1) is 6.92 Å². The van der Waals surface area contributed by atoms with Crippen molar-refractivity contribution < 1.29 is 9.47 Å². The fourth-order valence-corrected chi connectivity index (χ4v) is 2.50. The van der Waals surface area contributed by atoms with Crippen molar-refractivity contribution in [1.82, 2.24) is 4.98 Å². The lowest BCUT2D eigenvalue weighted by Crippen LogP contribution is -1.96. The molecule has 2 aromatic rings. The third-order valence-electron chi connectivity index (χ3n) is 2.71. The first kappa shape index (κ1) is 12.5. The van der Waals surface area contributed by atoms with E-state index in [0.717, 1.165) is 16.9 Å². The van der Waals surface area contributed by atoms with E-state index in [2.05, 4.69) is 4.98 Å². The Hall–Kier alpha value is -1.95. The molecule has 0 aliphatic rings. The highest BCUT2D eigenvalue weighted by Crippen LogP contribution is 2.41. The van der Waals surface area contributed by atoms with Gasteiger partial charge in [-0.2, -0.15) is 0 Å². The van der Waals surface area contributed by atoms with Crippen molar-refractivity contribution in [2.24, 2.45) is 0 Å². The Morgan fingerprint density at radius 1 is 1.17 bits per heavy atom. The molecule has 0 saturated heterocycles.